The third-order valence-electron chi connectivity index (χ3n) is 3.64. The summed E-state index contributed by atoms with van der Waals surface area (Å²) in [4.78, 5) is 3.98. The summed E-state index contributed by atoms with van der Waals surface area (Å²) in [5, 5.41) is 11.4. The number of aliphatic hydroxyl groups is 1. The Hall–Kier alpha value is -0.600. The molecule has 2 nitrogen and oxygen atoms in total. The summed E-state index contributed by atoms with van der Waals surface area (Å²) < 4.78 is 0. The molecular weight excluding hydrogens is 234 g/mol. The van der Waals surface area contributed by atoms with Crippen molar-refractivity contribution in [3.8, 4) is 0 Å². The molecule has 1 aromatic heterocycles. The van der Waals surface area contributed by atoms with Crippen molar-refractivity contribution in [3.63, 3.8) is 0 Å². The summed E-state index contributed by atoms with van der Waals surface area (Å²) in [5.74, 6) is 1.17. The van der Waals surface area contributed by atoms with E-state index in [0.29, 0.717) is 23.3 Å². The minimum Gasteiger partial charge on any atom is -0.390 e. The Morgan fingerprint density at radius 1 is 1.41 bits per heavy atom. The molecule has 0 bridgehead atoms. The Labute approximate surface area is 108 Å². The van der Waals surface area contributed by atoms with Crippen molar-refractivity contribution >= 4 is 11.6 Å². The van der Waals surface area contributed by atoms with Gasteiger partial charge in [-0.3, -0.25) is 4.98 Å². The van der Waals surface area contributed by atoms with Crippen LogP contribution in [0.2, 0.25) is 5.02 Å². The molecule has 0 aliphatic heterocycles. The predicted octanol–water partition coefficient (Wildman–Crippen LogP) is 3.46. The lowest BCUT2D eigenvalue weighted by atomic mass is 9.71. The molecule has 1 N–H and O–H groups in total. The van der Waals surface area contributed by atoms with Gasteiger partial charge in [-0.05, 0) is 42.7 Å². The van der Waals surface area contributed by atoms with Crippen molar-refractivity contribution in [2.45, 2.75) is 45.1 Å². The molecule has 1 aromatic rings. The molecule has 1 fully saturated rings. The van der Waals surface area contributed by atoms with E-state index in [1.165, 1.54) is 6.42 Å². The van der Waals surface area contributed by atoms with E-state index in [0.717, 1.165) is 18.4 Å². The lowest BCUT2D eigenvalue weighted by molar-refractivity contribution is -0.0304. The Bertz CT molecular complexity index is 384. The minimum atomic E-state index is -0.595. The largest absolute Gasteiger partial charge is 0.390 e. The van der Waals surface area contributed by atoms with Crippen molar-refractivity contribution in [3.05, 3.63) is 29.0 Å². The molecule has 0 aromatic carbocycles. The number of hydrogen-bond donors (Lipinski definition) is 1. The Balaban J connectivity index is 2.14. The Kier molecular flexibility index (Phi) is 3.74. The van der Waals surface area contributed by atoms with Gasteiger partial charge < -0.3 is 5.11 Å². The third-order valence-corrected chi connectivity index (χ3v) is 3.98. The molecule has 0 radical (unpaired) electrons. The van der Waals surface area contributed by atoms with Gasteiger partial charge in [0.05, 0.1) is 10.6 Å². The van der Waals surface area contributed by atoms with Crippen LogP contribution in [-0.4, -0.2) is 15.7 Å². The quantitative estimate of drug-likeness (QED) is 0.876. The first-order valence-electron chi connectivity index (χ1n) is 6.29. The van der Waals surface area contributed by atoms with Crippen LogP contribution in [0.3, 0.4) is 0 Å². The molecule has 94 valence electrons. The lowest BCUT2D eigenvalue weighted by Crippen LogP contribution is -2.39. The molecular formula is C14H20ClNO. The topological polar surface area (TPSA) is 33.1 Å². The van der Waals surface area contributed by atoms with Gasteiger partial charge in [0, 0.05) is 18.8 Å². The first kappa shape index (κ1) is 12.8. The molecule has 2 unspecified atom stereocenters. The van der Waals surface area contributed by atoms with E-state index in [1.807, 2.05) is 6.07 Å². The first-order valence-corrected chi connectivity index (χ1v) is 6.67. The fourth-order valence-corrected chi connectivity index (χ4v) is 3.47. The van der Waals surface area contributed by atoms with E-state index < -0.39 is 5.60 Å². The smallest absolute Gasteiger partial charge is 0.0693 e. The van der Waals surface area contributed by atoms with Crippen LogP contribution >= 0.6 is 11.6 Å². The highest BCUT2D eigenvalue weighted by atomic mass is 35.5. The van der Waals surface area contributed by atoms with Gasteiger partial charge in [0.25, 0.3) is 0 Å². The van der Waals surface area contributed by atoms with Crippen LogP contribution in [0.15, 0.2) is 18.5 Å². The molecule has 3 heteroatoms. The Morgan fingerprint density at radius 2 is 2.06 bits per heavy atom. The maximum atomic E-state index is 10.7. The number of aromatic nitrogens is 1. The maximum absolute atomic E-state index is 10.7. The fourth-order valence-electron chi connectivity index (χ4n) is 3.28. The molecule has 0 amide bonds. The highest BCUT2D eigenvalue weighted by molar-refractivity contribution is 6.31. The average molecular weight is 254 g/mol. The minimum absolute atomic E-state index is 0.587. The summed E-state index contributed by atoms with van der Waals surface area (Å²) in [5.41, 5.74) is 0.410. The lowest BCUT2D eigenvalue weighted by Gasteiger charge is -2.39. The SMILES string of the molecule is CC1CC(C)CC(O)(Cc2ccncc2Cl)C1. The van der Waals surface area contributed by atoms with Crippen LogP contribution < -0.4 is 0 Å². The van der Waals surface area contributed by atoms with Crippen molar-refractivity contribution in [2.24, 2.45) is 11.8 Å². The summed E-state index contributed by atoms with van der Waals surface area (Å²) >= 11 is 6.10. The molecule has 2 atom stereocenters. The van der Waals surface area contributed by atoms with Crippen molar-refractivity contribution in [2.75, 3.05) is 0 Å². The average Bonchev–Trinajstić information content (AvgIpc) is 2.19. The molecule has 0 spiro atoms. The summed E-state index contributed by atoms with van der Waals surface area (Å²) in [6.45, 7) is 4.43. The predicted molar refractivity (Wildman–Crippen MR) is 70.1 cm³/mol. The van der Waals surface area contributed by atoms with E-state index in [4.69, 9.17) is 11.6 Å². The van der Waals surface area contributed by atoms with Crippen LogP contribution in [-0.2, 0) is 6.42 Å². The van der Waals surface area contributed by atoms with Crippen LogP contribution in [0, 0.1) is 11.8 Å². The highest BCUT2D eigenvalue weighted by Gasteiger charge is 2.36. The van der Waals surface area contributed by atoms with Crippen molar-refractivity contribution in [1.82, 2.24) is 4.98 Å². The second-order valence-corrected chi connectivity index (χ2v) is 6.13. The van der Waals surface area contributed by atoms with Crippen LogP contribution in [0.5, 0.6) is 0 Å². The normalized spacial score (nSPS) is 33.6. The Morgan fingerprint density at radius 3 is 2.65 bits per heavy atom. The van der Waals surface area contributed by atoms with Gasteiger partial charge in [-0.15, -0.1) is 0 Å². The van der Waals surface area contributed by atoms with E-state index >= 15 is 0 Å². The maximum Gasteiger partial charge on any atom is 0.0693 e. The highest BCUT2D eigenvalue weighted by Crippen LogP contribution is 2.38. The zero-order chi connectivity index (χ0) is 12.5. The number of hydrogen-bond acceptors (Lipinski definition) is 2. The molecule has 1 aliphatic carbocycles. The number of rotatable bonds is 2. The van der Waals surface area contributed by atoms with Gasteiger partial charge in [0.2, 0.25) is 0 Å². The monoisotopic (exact) mass is 253 g/mol. The number of pyridine rings is 1. The molecule has 17 heavy (non-hydrogen) atoms. The van der Waals surface area contributed by atoms with E-state index in [1.54, 1.807) is 12.4 Å². The standard InChI is InChI=1S/C14H20ClNO/c1-10-5-11(2)7-14(17,6-10)8-12-3-4-16-9-13(12)15/h3-4,9-11,17H,5-8H2,1-2H3. The number of nitrogens with zero attached hydrogens (tertiary/aromatic N) is 1. The van der Waals surface area contributed by atoms with Crippen molar-refractivity contribution < 1.29 is 5.11 Å². The fraction of sp³-hybridized carbons (Fsp3) is 0.643. The van der Waals surface area contributed by atoms with E-state index in [9.17, 15) is 5.11 Å². The van der Waals surface area contributed by atoms with E-state index in [2.05, 4.69) is 18.8 Å². The molecule has 1 aliphatic rings. The van der Waals surface area contributed by atoms with Crippen LogP contribution in [0.4, 0.5) is 0 Å². The van der Waals surface area contributed by atoms with Crippen LogP contribution in [0.25, 0.3) is 0 Å². The van der Waals surface area contributed by atoms with Gasteiger partial charge in [-0.1, -0.05) is 25.4 Å². The van der Waals surface area contributed by atoms with Crippen LogP contribution in [0.1, 0.15) is 38.7 Å². The summed E-state index contributed by atoms with van der Waals surface area (Å²) in [7, 11) is 0. The zero-order valence-electron chi connectivity index (χ0n) is 10.5. The van der Waals surface area contributed by atoms with Gasteiger partial charge >= 0.3 is 0 Å². The van der Waals surface area contributed by atoms with Gasteiger partial charge in [0.1, 0.15) is 0 Å². The van der Waals surface area contributed by atoms with Gasteiger partial charge in [0.15, 0.2) is 0 Å². The summed E-state index contributed by atoms with van der Waals surface area (Å²) in [6, 6.07) is 1.91. The third kappa shape index (κ3) is 3.20. The zero-order valence-corrected chi connectivity index (χ0v) is 11.2. The summed E-state index contributed by atoms with van der Waals surface area (Å²) in [6.07, 6.45) is 6.98. The van der Waals surface area contributed by atoms with Crippen molar-refractivity contribution in [1.29, 1.82) is 0 Å². The number of halogens is 1. The molecule has 1 saturated carbocycles. The molecule has 2 rings (SSSR count). The van der Waals surface area contributed by atoms with Gasteiger partial charge in [-0.25, -0.2) is 0 Å². The second-order valence-electron chi connectivity index (χ2n) is 5.72. The molecule has 1 heterocycles. The first-order chi connectivity index (χ1) is 7.98. The second kappa shape index (κ2) is 4.95. The van der Waals surface area contributed by atoms with Gasteiger partial charge in [-0.2, -0.15) is 0 Å². The molecule has 0 saturated heterocycles. The van der Waals surface area contributed by atoms with E-state index in [-0.39, 0.29) is 0 Å².